The van der Waals surface area contributed by atoms with Crippen LogP contribution in [0.25, 0.3) is 44.4 Å². The molecule has 2 aromatic carbocycles. The fourth-order valence-electron chi connectivity index (χ4n) is 8.54. The zero-order chi connectivity index (χ0) is 45.9. The molecule has 65 heavy (non-hydrogen) atoms. The van der Waals surface area contributed by atoms with Crippen molar-refractivity contribution in [3.8, 4) is 39.3 Å². The number of likely N-dealkylation sites (N-methyl/N-ethyl adjacent to an activating group) is 1. The van der Waals surface area contributed by atoms with Gasteiger partial charge in [0, 0.05) is 104 Å². The van der Waals surface area contributed by atoms with Gasteiger partial charge < -0.3 is 36.7 Å². The Labute approximate surface area is 389 Å². The van der Waals surface area contributed by atoms with Crippen molar-refractivity contribution in [2.24, 2.45) is 0 Å². The van der Waals surface area contributed by atoms with Crippen LogP contribution < -0.4 is 21.7 Å². The monoisotopic (exact) mass is 920 g/mol. The number of benzene rings is 2. The second kappa shape index (κ2) is 22.3. The van der Waals surface area contributed by atoms with Crippen LogP contribution in [0.1, 0.15) is 92.0 Å². The van der Waals surface area contributed by atoms with Gasteiger partial charge in [0.25, 0.3) is 5.91 Å². The van der Waals surface area contributed by atoms with Crippen LogP contribution in [0.15, 0.2) is 67.1 Å². The number of nitrogen functional groups attached to an aromatic ring is 1. The van der Waals surface area contributed by atoms with E-state index >= 15 is 0 Å². The van der Waals surface area contributed by atoms with Gasteiger partial charge in [0.05, 0.1) is 27.8 Å². The summed E-state index contributed by atoms with van der Waals surface area (Å²) >= 11 is 13.2. The fourth-order valence-corrected chi connectivity index (χ4v) is 8.94. The van der Waals surface area contributed by atoms with Gasteiger partial charge >= 0.3 is 0 Å². The number of aromatic hydroxyl groups is 1. The molecule has 0 saturated heterocycles. The van der Waals surface area contributed by atoms with Crippen LogP contribution in [-0.2, 0) is 35.5 Å². The third-order valence-electron chi connectivity index (χ3n) is 12.0. The number of fused-ring (bicyclic) bond motifs is 3. The average molecular weight is 922 g/mol. The van der Waals surface area contributed by atoms with Crippen molar-refractivity contribution in [3.05, 3.63) is 99.7 Å². The molecule has 1 aliphatic rings. The molecule has 0 atom stereocenters. The number of nitrogens with two attached hydrogens (primary N) is 1. The number of halogens is 2. The molecular weight excluding hydrogens is 864 g/mol. The van der Waals surface area contributed by atoms with Gasteiger partial charge in [0.2, 0.25) is 11.8 Å². The molecule has 0 saturated carbocycles. The largest absolute Gasteiger partial charge is 0.508 e. The number of H-pyrrole nitrogens is 1. The van der Waals surface area contributed by atoms with Gasteiger partial charge in [0.1, 0.15) is 17.3 Å². The molecule has 0 fully saturated rings. The molecule has 7 rings (SSSR count). The van der Waals surface area contributed by atoms with E-state index < -0.39 is 0 Å². The van der Waals surface area contributed by atoms with Crippen LogP contribution in [0, 0.1) is 0 Å². The van der Waals surface area contributed by atoms with Crippen molar-refractivity contribution < 1.29 is 19.5 Å². The van der Waals surface area contributed by atoms with Gasteiger partial charge in [-0.3, -0.25) is 24.0 Å². The molecule has 1 aliphatic heterocycles. The summed E-state index contributed by atoms with van der Waals surface area (Å²) in [6, 6.07) is 14.2. The lowest BCUT2D eigenvalue weighted by atomic mass is 9.92. The summed E-state index contributed by atoms with van der Waals surface area (Å²) in [6.45, 7) is 5.52. The van der Waals surface area contributed by atoms with E-state index in [4.69, 9.17) is 34.0 Å². The number of anilines is 1. The summed E-state index contributed by atoms with van der Waals surface area (Å²) in [6.07, 6.45) is 14.6. The Kier molecular flexibility index (Phi) is 16.1. The number of phenolic OH excluding ortho intramolecular Hbond substituents is 1. The molecule has 7 N–H and O–H groups in total. The van der Waals surface area contributed by atoms with E-state index in [0.29, 0.717) is 54.8 Å². The van der Waals surface area contributed by atoms with Crippen LogP contribution in [0.4, 0.5) is 5.82 Å². The number of hydrogen-bond donors (Lipinski definition) is 6. The number of rotatable bonds is 21. The van der Waals surface area contributed by atoms with Gasteiger partial charge in [-0.1, -0.05) is 80.4 Å². The van der Waals surface area contributed by atoms with E-state index in [0.717, 1.165) is 114 Å². The van der Waals surface area contributed by atoms with Crippen LogP contribution in [0.5, 0.6) is 5.75 Å². The van der Waals surface area contributed by atoms with Crippen molar-refractivity contribution in [2.75, 3.05) is 39.0 Å². The smallest absolute Gasteiger partial charge is 0.269 e. The molecule has 14 nitrogen and oxygen atoms in total. The van der Waals surface area contributed by atoms with Crippen molar-refractivity contribution in [3.63, 3.8) is 0 Å². The van der Waals surface area contributed by atoms with E-state index in [1.54, 1.807) is 30.6 Å². The minimum atomic E-state index is -0.325. The Hall–Kier alpha value is -5.96. The fraction of sp³-hybridized carbons (Fsp3) is 0.388. The van der Waals surface area contributed by atoms with Crippen molar-refractivity contribution in [1.82, 2.24) is 45.6 Å². The van der Waals surface area contributed by atoms with E-state index in [-0.39, 0.29) is 35.7 Å². The van der Waals surface area contributed by atoms with Gasteiger partial charge in [-0.25, -0.2) is 4.98 Å². The van der Waals surface area contributed by atoms with Crippen LogP contribution in [-0.4, -0.2) is 85.7 Å². The summed E-state index contributed by atoms with van der Waals surface area (Å²) in [4.78, 5) is 52.3. The maximum absolute atomic E-state index is 12.8. The first-order chi connectivity index (χ1) is 31.5. The van der Waals surface area contributed by atoms with Crippen LogP contribution in [0.2, 0.25) is 10.0 Å². The lowest BCUT2D eigenvalue weighted by Crippen LogP contribution is -2.34. The minimum Gasteiger partial charge on any atom is -0.508 e. The minimum absolute atomic E-state index is 0.0349. The second-order valence-corrected chi connectivity index (χ2v) is 17.5. The third-order valence-corrected chi connectivity index (χ3v) is 12.8. The first-order valence-corrected chi connectivity index (χ1v) is 23.3. The number of hydrogen-bond acceptors (Lipinski definition) is 9. The molecule has 6 aromatic rings. The number of aromatic nitrogens is 5. The molecule has 0 bridgehead atoms. The van der Waals surface area contributed by atoms with Gasteiger partial charge in [-0.15, -0.1) is 0 Å². The predicted molar refractivity (Wildman–Crippen MR) is 258 cm³/mol. The lowest BCUT2D eigenvalue weighted by Gasteiger charge is -2.22. The maximum Gasteiger partial charge on any atom is 0.269 e. The van der Waals surface area contributed by atoms with Gasteiger partial charge in [-0.2, -0.15) is 5.10 Å². The molecule has 342 valence electrons. The van der Waals surface area contributed by atoms with E-state index in [2.05, 4.69) is 42.8 Å². The topological polar surface area (TPSA) is 196 Å². The number of aromatic amines is 1. The number of amides is 3. The lowest BCUT2D eigenvalue weighted by molar-refractivity contribution is -0.122. The number of phenols is 1. The standard InChI is InChI=1S/C49H58Cl2N10O4/c1-3-34-36(29-57-48(52)44(34)31-13-16-33(62)17-14-31)32-15-18-41(56-28-32)49(65)55-22-21-53-42(63)11-9-7-5-4-6-8-10-12-43(64)54-23-26-61-25-20-40(59-61)35-27-38(50)46(51)47-45(35)37-30-60(2)24-19-39(37)58-47/h13-18,20,25,27-29,58,62H,3-12,19,21-24,26,30H2,1-2H3,(H2,52,57)(H,53,63)(H,54,64)(H,55,65). The molecule has 16 heteroatoms. The molecule has 5 heterocycles. The molecule has 0 unspecified atom stereocenters. The summed E-state index contributed by atoms with van der Waals surface area (Å²) in [5, 5.41) is 25.4. The number of carbonyl (C=O) groups is 3. The molecule has 0 radical (unpaired) electrons. The first-order valence-electron chi connectivity index (χ1n) is 22.6. The van der Waals surface area contributed by atoms with Crippen LogP contribution in [0.3, 0.4) is 0 Å². The highest BCUT2D eigenvalue weighted by Crippen LogP contribution is 2.42. The Morgan fingerprint density at radius 3 is 2.20 bits per heavy atom. The molecule has 0 spiro atoms. The zero-order valence-corrected chi connectivity index (χ0v) is 38.6. The Morgan fingerprint density at radius 2 is 1.51 bits per heavy atom. The Bertz CT molecular complexity index is 2610. The number of carbonyl (C=O) groups excluding carboxylic acids is 3. The average Bonchev–Trinajstić information content (AvgIpc) is 3.94. The maximum atomic E-state index is 12.8. The summed E-state index contributed by atoms with van der Waals surface area (Å²) in [5.41, 5.74) is 15.9. The Balaban J connectivity index is 0.721. The third kappa shape index (κ3) is 11.8. The summed E-state index contributed by atoms with van der Waals surface area (Å²) in [7, 11) is 2.12. The van der Waals surface area contributed by atoms with Crippen LogP contribution >= 0.6 is 23.2 Å². The SMILES string of the molecule is CCc1c(-c2ccc(C(=O)NCCNC(=O)CCCCCCCCCC(=O)NCCn3ccc(-c4cc(Cl)c(Cl)c5[nH]c6c(c45)CN(C)CC6)n3)nc2)cnc(N)c1-c1ccc(O)cc1. The molecule has 0 aliphatic carbocycles. The number of nitrogens with zero attached hydrogens (tertiary/aromatic N) is 5. The second-order valence-electron chi connectivity index (χ2n) is 16.7. The van der Waals surface area contributed by atoms with Crippen molar-refractivity contribution in [1.29, 1.82) is 0 Å². The quantitative estimate of drug-likeness (QED) is 0.0384. The van der Waals surface area contributed by atoms with Crippen molar-refractivity contribution >= 4 is 57.6 Å². The Morgan fingerprint density at radius 1 is 0.831 bits per heavy atom. The van der Waals surface area contributed by atoms with E-state index in [9.17, 15) is 19.5 Å². The summed E-state index contributed by atoms with van der Waals surface area (Å²) in [5.74, 6) is 0.255. The molecule has 4 aromatic heterocycles. The molecular formula is C49H58Cl2N10O4. The normalized spacial score (nSPS) is 12.6. The molecule has 3 amide bonds. The van der Waals surface area contributed by atoms with E-state index in [1.165, 1.54) is 11.3 Å². The predicted octanol–water partition coefficient (Wildman–Crippen LogP) is 8.47. The highest BCUT2D eigenvalue weighted by molar-refractivity contribution is 6.45. The number of pyridine rings is 2. The van der Waals surface area contributed by atoms with Gasteiger partial charge in [-0.05, 0) is 73.3 Å². The summed E-state index contributed by atoms with van der Waals surface area (Å²) < 4.78 is 1.85. The zero-order valence-electron chi connectivity index (χ0n) is 37.1. The van der Waals surface area contributed by atoms with E-state index in [1.807, 2.05) is 48.1 Å². The van der Waals surface area contributed by atoms with Crippen molar-refractivity contribution in [2.45, 2.75) is 90.6 Å². The number of unbranched alkanes of at least 4 members (excludes halogenated alkanes) is 6. The van der Waals surface area contributed by atoms with Gasteiger partial charge in [0.15, 0.2) is 0 Å². The highest BCUT2D eigenvalue weighted by Gasteiger charge is 2.25. The first kappa shape index (κ1) is 47.0. The number of nitrogens with one attached hydrogen (secondary N) is 4. The highest BCUT2D eigenvalue weighted by atomic mass is 35.5.